The molecule has 2 amide bonds. The lowest BCUT2D eigenvalue weighted by Gasteiger charge is -2.33. The van der Waals surface area contributed by atoms with Crippen molar-refractivity contribution in [3.63, 3.8) is 0 Å². The third-order valence-corrected chi connectivity index (χ3v) is 4.69. The Balaban J connectivity index is 1.79. The van der Waals surface area contributed by atoms with Crippen molar-refractivity contribution in [1.29, 1.82) is 0 Å². The van der Waals surface area contributed by atoms with E-state index in [9.17, 15) is 9.59 Å². The van der Waals surface area contributed by atoms with E-state index in [0.29, 0.717) is 31.1 Å². The molecule has 144 valence electrons. The molecule has 2 rings (SSSR count). The van der Waals surface area contributed by atoms with Gasteiger partial charge in [-0.15, -0.1) is 0 Å². The van der Waals surface area contributed by atoms with Crippen molar-refractivity contribution < 1.29 is 23.8 Å². The molecule has 26 heavy (non-hydrogen) atoms. The quantitative estimate of drug-likeness (QED) is 0.617. The number of hydrogen-bond donors (Lipinski definition) is 2. The zero-order valence-corrected chi connectivity index (χ0v) is 15.5. The molecule has 7 heteroatoms. The van der Waals surface area contributed by atoms with Crippen molar-refractivity contribution in [3.05, 3.63) is 29.8 Å². The van der Waals surface area contributed by atoms with Crippen LogP contribution >= 0.6 is 0 Å². The van der Waals surface area contributed by atoms with Gasteiger partial charge in [0.05, 0.1) is 13.2 Å². The maximum atomic E-state index is 12.3. The van der Waals surface area contributed by atoms with Crippen LogP contribution in [0, 0.1) is 5.41 Å². The van der Waals surface area contributed by atoms with Crippen molar-refractivity contribution in [1.82, 2.24) is 5.32 Å². The van der Waals surface area contributed by atoms with Crippen LogP contribution in [0.5, 0.6) is 5.75 Å². The minimum atomic E-state index is -0.561. The predicted octanol–water partition coefficient (Wildman–Crippen LogP) is 1.85. The van der Waals surface area contributed by atoms with E-state index in [1.54, 1.807) is 24.3 Å². The van der Waals surface area contributed by atoms with E-state index in [1.807, 2.05) is 0 Å². The second-order valence-electron chi connectivity index (χ2n) is 6.72. The summed E-state index contributed by atoms with van der Waals surface area (Å²) in [5, 5.41) is 2.91. The van der Waals surface area contributed by atoms with Crippen molar-refractivity contribution in [2.24, 2.45) is 11.1 Å². The first-order valence-electron chi connectivity index (χ1n) is 8.97. The molecule has 1 atom stereocenters. The predicted molar refractivity (Wildman–Crippen MR) is 96.8 cm³/mol. The van der Waals surface area contributed by atoms with Gasteiger partial charge in [0, 0.05) is 17.5 Å². The Hall–Kier alpha value is -2.12. The molecule has 1 aliphatic rings. The summed E-state index contributed by atoms with van der Waals surface area (Å²) in [5.41, 5.74) is 5.48. The summed E-state index contributed by atoms with van der Waals surface area (Å²) in [7, 11) is 0. The van der Waals surface area contributed by atoms with Gasteiger partial charge in [-0.1, -0.05) is 19.9 Å². The monoisotopic (exact) mass is 364 g/mol. The average Bonchev–Trinajstić information content (AvgIpc) is 3.19. The third-order valence-electron chi connectivity index (χ3n) is 4.69. The number of primary amides is 1. The fourth-order valence-corrected chi connectivity index (χ4v) is 2.90. The van der Waals surface area contributed by atoms with Gasteiger partial charge in [-0.3, -0.25) is 9.59 Å². The number of nitrogens with one attached hydrogen (secondary N) is 1. The molecule has 0 aromatic heterocycles. The Kier molecular flexibility index (Phi) is 7.41. The van der Waals surface area contributed by atoms with Crippen molar-refractivity contribution in [2.75, 3.05) is 26.4 Å². The maximum Gasteiger partial charge on any atom is 0.255 e. The molecule has 3 N–H and O–H groups in total. The molecule has 1 aromatic carbocycles. The summed E-state index contributed by atoms with van der Waals surface area (Å²) in [4.78, 5) is 23.0. The second kappa shape index (κ2) is 9.54. The molecular weight excluding hydrogens is 336 g/mol. The molecule has 0 aliphatic carbocycles. The summed E-state index contributed by atoms with van der Waals surface area (Å²) >= 11 is 0. The van der Waals surface area contributed by atoms with Gasteiger partial charge < -0.3 is 25.3 Å². The standard InChI is InChI=1S/C19H28N2O5/c1-3-19(2,18-24-10-11-25-18)8-5-9-21-17(23)14-6-4-7-15(12-14)26-13-16(20)22/h4,6-7,12,18H,3,5,8-11,13H2,1-2H3,(H2,20,22)(H,21,23). The van der Waals surface area contributed by atoms with Crippen LogP contribution in [-0.4, -0.2) is 44.5 Å². The Bertz CT molecular complexity index is 616. The fraction of sp³-hybridized carbons (Fsp3) is 0.579. The molecule has 0 spiro atoms. The van der Waals surface area contributed by atoms with Gasteiger partial charge in [0.15, 0.2) is 12.9 Å². The number of carbonyl (C=O) groups excluding carboxylic acids is 2. The van der Waals surface area contributed by atoms with Gasteiger partial charge in [-0.25, -0.2) is 0 Å². The van der Waals surface area contributed by atoms with Crippen LogP contribution in [0.25, 0.3) is 0 Å². The molecule has 1 aliphatic heterocycles. The number of rotatable bonds is 10. The highest BCUT2D eigenvalue weighted by molar-refractivity contribution is 5.94. The molecule has 1 aromatic rings. The second-order valence-corrected chi connectivity index (χ2v) is 6.72. The highest BCUT2D eigenvalue weighted by atomic mass is 16.7. The molecule has 0 radical (unpaired) electrons. The minimum absolute atomic E-state index is 0.0518. The summed E-state index contributed by atoms with van der Waals surface area (Å²) in [6, 6.07) is 6.67. The molecule has 1 heterocycles. The maximum absolute atomic E-state index is 12.3. The zero-order valence-electron chi connectivity index (χ0n) is 15.5. The normalized spacial score (nSPS) is 16.8. The number of ether oxygens (including phenoxy) is 3. The first-order valence-corrected chi connectivity index (χ1v) is 8.97. The van der Waals surface area contributed by atoms with E-state index < -0.39 is 5.91 Å². The van der Waals surface area contributed by atoms with Gasteiger partial charge >= 0.3 is 0 Å². The van der Waals surface area contributed by atoms with Crippen LogP contribution in [0.3, 0.4) is 0 Å². The van der Waals surface area contributed by atoms with Gasteiger partial charge in [0.1, 0.15) is 5.75 Å². The molecular formula is C19H28N2O5. The van der Waals surface area contributed by atoms with Crippen LogP contribution in [0.1, 0.15) is 43.5 Å². The van der Waals surface area contributed by atoms with Crippen LogP contribution in [0.4, 0.5) is 0 Å². The van der Waals surface area contributed by atoms with Crippen molar-refractivity contribution >= 4 is 11.8 Å². The Morgan fingerprint density at radius 3 is 2.73 bits per heavy atom. The zero-order chi connectivity index (χ0) is 19.0. The average molecular weight is 364 g/mol. The summed E-state index contributed by atoms with van der Waals surface area (Å²) in [6.07, 6.45) is 2.51. The number of benzene rings is 1. The van der Waals surface area contributed by atoms with Crippen LogP contribution in [0.15, 0.2) is 24.3 Å². The highest BCUT2D eigenvalue weighted by Crippen LogP contribution is 2.35. The lowest BCUT2D eigenvalue weighted by molar-refractivity contribution is -0.131. The SMILES string of the molecule is CCC(C)(CCCNC(=O)c1cccc(OCC(N)=O)c1)C1OCCO1. The first kappa shape index (κ1) is 20.2. The Morgan fingerprint density at radius 1 is 1.35 bits per heavy atom. The van der Waals surface area contributed by atoms with Gasteiger partial charge in [-0.05, 0) is 37.5 Å². The Labute approximate surface area is 154 Å². The van der Waals surface area contributed by atoms with Gasteiger partial charge in [0.25, 0.3) is 11.8 Å². The van der Waals surface area contributed by atoms with Gasteiger partial charge in [0.2, 0.25) is 0 Å². The van der Waals surface area contributed by atoms with E-state index in [-0.39, 0.29) is 24.2 Å². The largest absolute Gasteiger partial charge is 0.484 e. The molecule has 0 bridgehead atoms. The summed E-state index contributed by atoms with van der Waals surface area (Å²) in [5.74, 6) is -0.305. The topological polar surface area (TPSA) is 99.9 Å². The summed E-state index contributed by atoms with van der Waals surface area (Å²) in [6.45, 7) is 5.92. The molecule has 1 fully saturated rings. The number of carbonyl (C=O) groups is 2. The number of amides is 2. The van der Waals surface area contributed by atoms with E-state index in [0.717, 1.165) is 19.3 Å². The fourth-order valence-electron chi connectivity index (χ4n) is 2.90. The molecule has 1 unspecified atom stereocenters. The lowest BCUT2D eigenvalue weighted by Crippen LogP contribution is -2.34. The smallest absolute Gasteiger partial charge is 0.255 e. The van der Waals surface area contributed by atoms with Crippen LogP contribution < -0.4 is 15.8 Å². The van der Waals surface area contributed by atoms with E-state index in [4.69, 9.17) is 19.9 Å². The van der Waals surface area contributed by atoms with E-state index in [2.05, 4.69) is 19.2 Å². The van der Waals surface area contributed by atoms with Crippen molar-refractivity contribution in [3.8, 4) is 5.75 Å². The minimum Gasteiger partial charge on any atom is -0.484 e. The van der Waals surface area contributed by atoms with Crippen molar-refractivity contribution in [2.45, 2.75) is 39.4 Å². The Morgan fingerprint density at radius 2 is 2.08 bits per heavy atom. The van der Waals surface area contributed by atoms with Gasteiger partial charge in [-0.2, -0.15) is 0 Å². The number of nitrogens with two attached hydrogens (primary N) is 1. The first-order chi connectivity index (χ1) is 12.4. The van der Waals surface area contributed by atoms with E-state index >= 15 is 0 Å². The van der Waals surface area contributed by atoms with E-state index in [1.165, 1.54) is 0 Å². The molecule has 7 nitrogen and oxygen atoms in total. The number of hydrogen-bond acceptors (Lipinski definition) is 5. The van der Waals surface area contributed by atoms with Crippen LogP contribution in [0.2, 0.25) is 0 Å². The highest BCUT2D eigenvalue weighted by Gasteiger charge is 2.36. The summed E-state index contributed by atoms with van der Waals surface area (Å²) < 4.78 is 16.5. The lowest BCUT2D eigenvalue weighted by atomic mass is 9.82. The molecule has 0 saturated carbocycles. The third kappa shape index (κ3) is 5.71. The molecule has 1 saturated heterocycles. The van der Waals surface area contributed by atoms with Crippen LogP contribution in [-0.2, 0) is 14.3 Å².